The predicted molar refractivity (Wildman–Crippen MR) is 125 cm³/mol. The molecule has 0 radical (unpaired) electrons. The maximum absolute atomic E-state index is 12.1. The average molecular weight is 546 g/mol. The van der Waals surface area contributed by atoms with Crippen molar-refractivity contribution in [3.63, 3.8) is 0 Å². The summed E-state index contributed by atoms with van der Waals surface area (Å²) in [5.74, 6) is 0.580. The van der Waals surface area contributed by atoms with Crippen LogP contribution in [-0.2, 0) is 21.2 Å². The van der Waals surface area contributed by atoms with Crippen LogP contribution in [0.25, 0.3) is 0 Å². The first-order chi connectivity index (χ1) is 12.9. The molecule has 11 heteroatoms. The first-order valence-corrected chi connectivity index (χ1v) is 11.8. The molecule has 0 amide bonds. The molecule has 1 aromatic heterocycles. The van der Waals surface area contributed by atoms with Gasteiger partial charge in [0.15, 0.2) is 5.96 Å². The van der Waals surface area contributed by atoms with Crippen molar-refractivity contribution in [2.75, 3.05) is 39.0 Å². The SMILES string of the molecule is CN=C(NCCc1nc(C)c(C)s1)NCCS(=O)(=O)NCC1CCCCO1.I. The summed E-state index contributed by atoms with van der Waals surface area (Å²) in [5, 5.41) is 7.31. The third kappa shape index (κ3) is 9.33. The van der Waals surface area contributed by atoms with E-state index >= 15 is 0 Å². The second-order valence-corrected chi connectivity index (χ2v) is 9.80. The van der Waals surface area contributed by atoms with Crippen LogP contribution in [0, 0.1) is 13.8 Å². The number of sulfonamides is 1. The van der Waals surface area contributed by atoms with Crippen molar-refractivity contribution < 1.29 is 13.2 Å². The van der Waals surface area contributed by atoms with E-state index in [1.165, 1.54) is 4.88 Å². The molecular weight excluding hydrogens is 513 g/mol. The number of nitrogens with zero attached hydrogens (tertiary/aromatic N) is 2. The molecule has 162 valence electrons. The van der Waals surface area contributed by atoms with Gasteiger partial charge in [-0.05, 0) is 33.1 Å². The minimum Gasteiger partial charge on any atom is -0.377 e. The molecule has 2 rings (SSSR count). The van der Waals surface area contributed by atoms with Gasteiger partial charge in [0.05, 0.1) is 22.6 Å². The predicted octanol–water partition coefficient (Wildman–Crippen LogP) is 1.57. The van der Waals surface area contributed by atoms with E-state index in [9.17, 15) is 8.42 Å². The maximum Gasteiger partial charge on any atom is 0.213 e. The number of nitrogens with one attached hydrogen (secondary N) is 3. The Bertz CT molecular complexity index is 699. The van der Waals surface area contributed by atoms with E-state index in [1.54, 1.807) is 18.4 Å². The molecule has 0 spiro atoms. The number of guanidine groups is 1. The number of halogens is 1. The van der Waals surface area contributed by atoms with Crippen LogP contribution in [-0.4, -0.2) is 64.5 Å². The summed E-state index contributed by atoms with van der Waals surface area (Å²) < 4.78 is 32.4. The fourth-order valence-corrected chi connectivity index (χ4v) is 4.61. The van der Waals surface area contributed by atoms with Crippen molar-refractivity contribution in [2.45, 2.75) is 45.6 Å². The Morgan fingerprint density at radius 1 is 1.29 bits per heavy atom. The quantitative estimate of drug-likeness (QED) is 0.247. The highest BCUT2D eigenvalue weighted by atomic mass is 127. The molecular formula is C17H32IN5O3S2. The molecule has 0 bridgehead atoms. The van der Waals surface area contributed by atoms with E-state index in [1.807, 2.05) is 6.92 Å². The number of hydrogen-bond donors (Lipinski definition) is 3. The molecule has 1 aliphatic heterocycles. The van der Waals surface area contributed by atoms with Gasteiger partial charge in [-0.3, -0.25) is 4.99 Å². The van der Waals surface area contributed by atoms with Crippen LogP contribution in [0.15, 0.2) is 4.99 Å². The van der Waals surface area contributed by atoms with Gasteiger partial charge in [0, 0.05) is 44.6 Å². The zero-order valence-electron chi connectivity index (χ0n) is 16.8. The van der Waals surface area contributed by atoms with Gasteiger partial charge < -0.3 is 15.4 Å². The standard InChI is InChI=1S/C17H31N5O3S2.HI/c1-13-14(2)26-16(22-13)7-8-19-17(18-3)20-9-11-27(23,24)21-12-15-6-4-5-10-25-15;/h15,21H,4-12H2,1-3H3,(H2,18,19,20);1H. The van der Waals surface area contributed by atoms with Gasteiger partial charge in [0.1, 0.15) is 0 Å². The number of aliphatic imine (C=N–C) groups is 1. The molecule has 1 fully saturated rings. The lowest BCUT2D eigenvalue weighted by Crippen LogP contribution is -2.43. The van der Waals surface area contributed by atoms with Crippen LogP contribution in [0.4, 0.5) is 0 Å². The van der Waals surface area contributed by atoms with Crippen molar-refractivity contribution in [1.82, 2.24) is 20.3 Å². The van der Waals surface area contributed by atoms with Gasteiger partial charge in [0.2, 0.25) is 10.0 Å². The summed E-state index contributed by atoms with van der Waals surface area (Å²) in [4.78, 5) is 9.87. The molecule has 3 N–H and O–H groups in total. The summed E-state index contributed by atoms with van der Waals surface area (Å²) in [6, 6.07) is 0. The van der Waals surface area contributed by atoms with Crippen molar-refractivity contribution >= 4 is 51.3 Å². The highest BCUT2D eigenvalue weighted by Crippen LogP contribution is 2.16. The van der Waals surface area contributed by atoms with Crippen LogP contribution in [0.3, 0.4) is 0 Å². The molecule has 1 aliphatic rings. The Kier molecular flexibility index (Phi) is 11.8. The zero-order valence-corrected chi connectivity index (χ0v) is 20.7. The molecule has 0 aromatic carbocycles. The first-order valence-electron chi connectivity index (χ1n) is 9.36. The number of hydrogen-bond acceptors (Lipinski definition) is 6. The number of aryl methyl sites for hydroxylation is 2. The van der Waals surface area contributed by atoms with Gasteiger partial charge in [-0.15, -0.1) is 35.3 Å². The summed E-state index contributed by atoms with van der Waals surface area (Å²) >= 11 is 1.70. The normalized spacial score (nSPS) is 17.8. The Morgan fingerprint density at radius 3 is 2.64 bits per heavy atom. The van der Waals surface area contributed by atoms with Gasteiger partial charge >= 0.3 is 0 Å². The van der Waals surface area contributed by atoms with E-state index in [4.69, 9.17) is 4.74 Å². The number of ether oxygens (including phenoxy) is 1. The molecule has 8 nitrogen and oxygen atoms in total. The van der Waals surface area contributed by atoms with E-state index < -0.39 is 10.0 Å². The lowest BCUT2D eigenvalue weighted by Gasteiger charge is -2.22. The van der Waals surface area contributed by atoms with Crippen LogP contribution >= 0.6 is 35.3 Å². The molecule has 28 heavy (non-hydrogen) atoms. The highest BCUT2D eigenvalue weighted by Gasteiger charge is 2.17. The summed E-state index contributed by atoms with van der Waals surface area (Å²) in [7, 11) is -1.67. The molecule has 0 aliphatic carbocycles. The van der Waals surface area contributed by atoms with Gasteiger partial charge in [-0.2, -0.15) is 0 Å². The van der Waals surface area contributed by atoms with Crippen LogP contribution in [0.1, 0.15) is 34.8 Å². The van der Waals surface area contributed by atoms with E-state index in [-0.39, 0.29) is 42.4 Å². The van der Waals surface area contributed by atoms with Crippen molar-refractivity contribution in [3.05, 3.63) is 15.6 Å². The number of rotatable bonds is 9. The van der Waals surface area contributed by atoms with Crippen molar-refractivity contribution in [1.29, 1.82) is 0 Å². The second kappa shape index (κ2) is 12.9. The first kappa shape index (κ1) is 25.5. The third-order valence-corrected chi connectivity index (χ3v) is 6.88. The average Bonchev–Trinajstić information content (AvgIpc) is 2.97. The topological polar surface area (TPSA) is 105 Å². The van der Waals surface area contributed by atoms with E-state index in [0.29, 0.717) is 19.0 Å². The largest absolute Gasteiger partial charge is 0.377 e. The third-order valence-electron chi connectivity index (χ3n) is 4.40. The molecule has 2 heterocycles. The van der Waals surface area contributed by atoms with Gasteiger partial charge in [-0.1, -0.05) is 0 Å². The fourth-order valence-electron chi connectivity index (χ4n) is 2.72. The van der Waals surface area contributed by atoms with Gasteiger partial charge in [0.25, 0.3) is 0 Å². The second-order valence-electron chi connectivity index (χ2n) is 6.58. The monoisotopic (exact) mass is 545 g/mol. The Morgan fingerprint density at radius 2 is 2.04 bits per heavy atom. The molecule has 1 atom stereocenters. The Labute approximate surface area is 189 Å². The Balaban J connectivity index is 0.00000392. The minimum atomic E-state index is -3.33. The lowest BCUT2D eigenvalue weighted by molar-refractivity contribution is 0.0200. The van der Waals surface area contributed by atoms with E-state index in [2.05, 4.69) is 32.3 Å². The van der Waals surface area contributed by atoms with Gasteiger partial charge in [-0.25, -0.2) is 18.1 Å². The van der Waals surface area contributed by atoms with Crippen LogP contribution in [0.2, 0.25) is 0 Å². The zero-order chi connectivity index (χ0) is 19.7. The van der Waals surface area contributed by atoms with Crippen molar-refractivity contribution in [2.24, 2.45) is 4.99 Å². The molecule has 1 saturated heterocycles. The summed E-state index contributed by atoms with van der Waals surface area (Å²) in [6.07, 6.45) is 3.86. The molecule has 0 saturated carbocycles. The smallest absolute Gasteiger partial charge is 0.213 e. The van der Waals surface area contributed by atoms with Crippen LogP contribution < -0.4 is 15.4 Å². The van der Waals surface area contributed by atoms with Crippen LogP contribution in [0.5, 0.6) is 0 Å². The number of aromatic nitrogens is 1. The number of thiazole rings is 1. The molecule has 1 unspecified atom stereocenters. The summed E-state index contributed by atoms with van der Waals surface area (Å²) in [6.45, 7) is 6.13. The highest BCUT2D eigenvalue weighted by molar-refractivity contribution is 14.0. The van der Waals surface area contributed by atoms with E-state index in [0.717, 1.165) is 43.0 Å². The lowest BCUT2D eigenvalue weighted by atomic mass is 10.1. The van der Waals surface area contributed by atoms with Crippen molar-refractivity contribution in [3.8, 4) is 0 Å². The fraction of sp³-hybridized carbons (Fsp3) is 0.765. The Hall–Kier alpha value is -0.500. The minimum absolute atomic E-state index is 0. The summed E-state index contributed by atoms with van der Waals surface area (Å²) in [5.41, 5.74) is 1.08. The maximum atomic E-state index is 12.1. The molecule has 1 aromatic rings.